The molecule has 1 heterocycles. The van der Waals surface area contributed by atoms with E-state index in [1.807, 2.05) is 6.92 Å². The summed E-state index contributed by atoms with van der Waals surface area (Å²) in [5.41, 5.74) is 1.89. The molecule has 1 aliphatic rings. The van der Waals surface area contributed by atoms with Crippen LogP contribution in [0.3, 0.4) is 0 Å². The van der Waals surface area contributed by atoms with Crippen molar-refractivity contribution in [3.05, 3.63) is 17.5 Å². The first-order valence-corrected chi connectivity index (χ1v) is 6.31. The van der Waals surface area contributed by atoms with Gasteiger partial charge in [0.15, 0.2) is 0 Å². The molecule has 0 unspecified atom stereocenters. The quantitative estimate of drug-likeness (QED) is 0.713. The molecular weight excluding hydrogens is 246 g/mol. The fourth-order valence-electron chi connectivity index (χ4n) is 1.93. The summed E-state index contributed by atoms with van der Waals surface area (Å²) in [5, 5.41) is 0. The summed E-state index contributed by atoms with van der Waals surface area (Å²) in [7, 11) is 2.96. The van der Waals surface area contributed by atoms with Crippen LogP contribution in [0.2, 0.25) is 0 Å². The second-order valence-electron chi connectivity index (χ2n) is 4.68. The van der Waals surface area contributed by atoms with Crippen molar-refractivity contribution >= 4 is 5.97 Å². The Labute approximate surface area is 112 Å². The van der Waals surface area contributed by atoms with Gasteiger partial charge in [0, 0.05) is 30.0 Å². The molecule has 6 heteroatoms. The van der Waals surface area contributed by atoms with Gasteiger partial charge in [-0.15, -0.1) is 0 Å². The summed E-state index contributed by atoms with van der Waals surface area (Å²) in [6, 6.07) is 0.841. The van der Waals surface area contributed by atoms with Gasteiger partial charge >= 0.3 is 12.0 Å². The van der Waals surface area contributed by atoms with Crippen LogP contribution < -0.4 is 4.74 Å². The predicted molar refractivity (Wildman–Crippen MR) is 68.8 cm³/mol. The van der Waals surface area contributed by atoms with Gasteiger partial charge in [-0.25, -0.2) is 9.97 Å². The van der Waals surface area contributed by atoms with E-state index in [0.29, 0.717) is 25.1 Å². The zero-order valence-corrected chi connectivity index (χ0v) is 11.5. The van der Waals surface area contributed by atoms with Crippen molar-refractivity contribution in [1.82, 2.24) is 14.9 Å². The van der Waals surface area contributed by atoms with Gasteiger partial charge in [0.2, 0.25) is 0 Å². The molecule has 1 saturated carbocycles. The molecule has 0 spiro atoms. The molecule has 1 aromatic rings. The third-order valence-corrected chi connectivity index (χ3v) is 3.24. The lowest BCUT2D eigenvalue weighted by atomic mass is 10.2. The Morgan fingerprint density at radius 1 is 1.47 bits per heavy atom. The average Bonchev–Trinajstić information content (AvgIpc) is 3.24. The molecule has 104 valence electrons. The maximum absolute atomic E-state index is 11.4. The van der Waals surface area contributed by atoms with Gasteiger partial charge in [0.05, 0.1) is 20.8 Å². The highest BCUT2D eigenvalue weighted by molar-refractivity contribution is 5.71. The Kier molecular flexibility index (Phi) is 4.31. The Bertz CT molecular complexity index is 460. The molecule has 6 nitrogen and oxygen atoms in total. The largest absolute Gasteiger partial charge is 0.468 e. The van der Waals surface area contributed by atoms with Crippen LogP contribution in [0.5, 0.6) is 6.01 Å². The number of nitrogens with zero attached hydrogens (tertiary/aromatic N) is 3. The van der Waals surface area contributed by atoms with Crippen LogP contribution in [0.15, 0.2) is 6.20 Å². The van der Waals surface area contributed by atoms with Crippen molar-refractivity contribution in [2.45, 2.75) is 32.4 Å². The molecule has 19 heavy (non-hydrogen) atoms. The van der Waals surface area contributed by atoms with E-state index in [0.717, 1.165) is 24.1 Å². The van der Waals surface area contributed by atoms with Crippen molar-refractivity contribution in [2.75, 3.05) is 20.8 Å². The summed E-state index contributed by atoms with van der Waals surface area (Å²) in [4.78, 5) is 21.9. The number of hydrogen-bond acceptors (Lipinski definition) is 6. The number of carbonyl (C=O) groups is 1. The molecular formula is C13H19N3O3. The number of aryl methyl sites for hydroxylation is 1. The molecule has 0 radical (unpaired) electrons. The minimum absolute atomic E-state index is 0.209. The van der Waals surface area contributed by atoms with Crippen molar-refractivity contribution in [3.63, 3.8) is 0 Å². The van der Waals surface area contributed by atoms with E-state index in [4.69, 9.17) is 9.47 Å². The van der Waals surface area contributed by atoms with Crippen LogP contribution in [-0.2, 0) is 16.1 Å². The summed E-state index contributed by atoms with van der Waals surface area (Å²) < 4.78 is 9.72. The van der Waals surface area contributed by atoms with Crippen LogP contribution in [0.25, 0.3) is 0 Å². The highest BCUT2D eigenvalue weighted by Gasteiger charge is 2.31. The van der Waals surface area contributed by atoms with Crippen molar-refractivity contribution in [3.8, 4) is 6.01 Å². The number of rotatable bonds is 6. The van der Waals surface area contributed by atoms with E-state index in [-0.39, 0.29) is 5.97 Å². The molecule has 0 atom stereocenters. The van der Waals surface area contributed by atoms with E-state index in [1.165, 1.54) is 7.11 Å². The molecule has 0 aromatic carbocycles. The van der Waals surface area contributed by atoms with Crippen LogP contribution in [0.4, 0.5) is 0 Å². The summed E-state index contributed by atoms with van der Waals surface area (Å²) in [6.07, 6.45) is 4.02. The smallest absolute Gasteiger partial charge is 0.319 e. The molecule has 1 aliphatic carbocycles. The zero-order chi connectivity index (χ0) is 13.8. The maximum Gasteiger partial charge on any atom is 0.319 e. The summed E-state index contributed by atoms with van der Waals surface area (Å²) >= 11 is 0. The van der Waals surface area contributed by atoms with Crippen LogP contribution >= 0.6 is 0 Å². The fraction of sp³-hybridized carbons (Fsp3) is 0.615. The Balaban J connectivity index is 2.06. The molecule has 0 aliphatic heterocycles. The monoisotopic (exact) mass is 265 g/mol. The summed E-state index contributed by atoms with van der Waals surface area (Å²) in [5.74, 6) is -0.209. The number of aromatic nitrogens is 2. The third-order valence-electron chi connectivity index (χ3n) is 3.24. The van der Waals surface area contributed by atoms with Gasteiger partial charge in [-0.3, -0.25) is 9.69 Å². The molecule has 0 bridgehead atoms. The zero-order valence-electron chi connectivity index (χ0n) is 11.5. The van der Waals surface area contributed by atoms with Crippen molar-refractivity contribution in [2.24, 2.45) is 0 Å². The lowest BCUT2D eigenvalue weighted by Gasteiger charge is -2.21. The highest BCUT2D eigenvalue weighted by atomic mass is 16.5. The Hall–Kier alpha value is -1.69. The molecule has 0 N–H and O–H groups in total. The molecule has 0 saturated heterocycles. The highest BCUT2D eigenvalue weighted by Crippen LogP contribution is 2.28. The second kappa shape index (κ2) is 5.97. The second-order valence-corrected chi connectivity index (χ2v) is 4.68. The first-order valence-electron chi connectivity index (χ1n) is 6.31. The van der Waals surface area contributed by atoms with Crippen LogP contribution in [0.1, 0.15) is 24.1 Å². The minimum atomic E-state index is -0.209. The van der Waals surface area contributed by atoms with E-state index in [9.17, 15) is 4.79 Å². The normalized spacial score (nSPS) is 14.5. The summed E-state index contributed by atoms with van der Waals surface area (Å²) in [6.45, 7) is 2.89. The van der Waals surface area contributed by atoms with Crippen molar-refractivity contribution in [1.29, 1.82) is 0 Å². The Morgan fingerprint density at radius 2 is 2.21 bits per heavy atom. The van der Waals surface area contributed by atoms with Gasteiger partial charge < -0.3 is 9.47 Å². The van der Waals surface area contributed by atoms with Crippen LogP contribution in [-0.4, -0.2) is 47.6 Å². The van der Waals surface area contributed by atoms with Gasteiger partial charge in [0.1, 0.15) is 0 Å². The minimum Gasteiger partial charge on any atom is -0.468 e. The topological polar surface area (TPSA) is 64.5 Å². The number of carbonyl (C=O) groups excluding carboxylic acids is 1. The van der Waals surface area contributed by atoms with E-state index in [2.05, 4.69) is 14.9 Å². The molecule has 2 rings (SSSR count). The number of hydrogen-bond donors (Lipinski definition) is 0. The average molecular weight is 265 g/mol. The van der Waals surface area contributed by atoms with Gasteiger partial charge in [-0.05, 0) is 19.8 Å². The number of methoxy groups -OCH3 is 2. The number of esters is 1. The van der Waals surface area contributed by atoms with Crippen molar-refractivity contribution < 1.29 is 14.3 Å². The lowest BCUT2D eigenvalue weighted by Crippen LogP contribution is -2.32. The first-order chi connectivity index (χ1) is 9.13. The first kappa shape index (κ1) is 13.7. The number of ether oxygens (including phenoxy) is 2. The lowest BCUT2D eigenvalue weighted by molar-refractivity contribution is -0.142. The van der Waals surface area contributed by atoms with Gasteiger partial charge in [-0.2, -0.15) is 0 Å². The van der Waals surface area contributed by atoms with E-state index >= 15 is 0 Å². The third kappa shape index (κ3) is 3.64. The molecule has 1 aromatic heterocycles. The SMILES string of the molecule is COC(=O)CN(Cc1cnc(OC)nc1C)C1CC1. The standard InChI is InChI=1S/C13H19N3O3/c1-9-10(6-14-13(15-9)19-3)7-16(11-4-5-11)8-12(17)18-2/h6,11H,4-5,7-8H2,1-3H3. The van der Waals surface area contributed by atoms with E-state index < -0.39 is 0 Å². The maximum atomic E-state index is 11.4. The van der Waals surface area contributed by atoms with Crippen LogP contribution in [0, 0.1) is 6.92 Å². The fourth-order valence-corrected chi connectivity index (χ4v) is 1.93. The molecule has 0 amide bonds. The Morgan fingerprint density at radius 3 is 2.74 bits per heavy atom. The van der Waals surface area contributed by atoms with E-state index in [1.54, 1.807) is 13.3 Å². The molecule has 1 fully saturated rings. The predicted octanol–water partition coefficient (Wildman–Crippen LogP) is 0.931. The van der Waals surface area contributed by atoms with Gasteiger partial charge in [-0.1, -0.05) is 0 Å². The van der Waals surface area contributed by atoms with Gasteiger partial charge in [0.25, 0.3) is 0 Å².